The van der Waals surface area contributed by atoms with Crippen LogP contribution in [0.5, 0.6) is 0 Å². The Balaban J connectivity index is -0.0000000705. The molecular weight excluding hydrogens is 222 g/mol. The van der Waals surface area contributed by atoms with Crippen LogP contribution in [-0.2, 0) is 19.1 Å². The first-order valence-corrected chi connectivity index (χ1v) is 5.34. The molecule has 104 valence electrons. The minimum atomic E-state index is -0.245. The van der Waals surface area contributed by atoms with E-state index in [2.05, 4.69) is 4.74 Å². The minimum Gasteiger partial charge on any atom is -0.469 e. The van der Waals surface area contributed by atoms with Gasteiger partial charge in [0, 0.05) is 27.9 Å². The second-order valence-electron chi connectivity index (χ2n) is 3.02. The molecule has 0 aliphatic rings. The maximum absolute atomic E-state index is 10.1. The highest BCUT2D eigenvalue weighted by molar-refractivity contribution is 5.72. The lowest BCUT2D eigenvalue weighted by atomic mass is 10.6. The average molecular weight is 249 g/mol. The summed E-state index contributed by atoms with van der Waals surface area (Å²) in [6.45, 7) is 9.94. The summed E-state index contributed by atoms with van der Waals surface area (Å²) in [5.41, 5.74) is 0. The van der Waals surface area contributed by atoms with Gasteiger partial charge in [-0.3, -0.25) is 9.59 Å². The number of hydrogen-bond donors (Lipinski definition) is 0. The number of ketones is 1. The van der Waals surface area contributed by atoms with E-state index in [1.165, 1.54) is 39.7 Å². The lowest BCUT2D eigenvalue weighted by Crippen LogP contribution is -2.17. The molecule has 0 unspecified atom stereocenters. The van der Waals surface area contributed by atoms with E-state index in [9.17, 15) is 14.4 Å². The number of carbonyl (C=O) groups excluding carboxylic acids is 3. The van der Waals surface area contributed by atoms with Crippen molar-refractivity contribution in [3.63, 3.8) is 0 Å². The Morgan fingerprint density at radius 2 is 1.00 bits per heavy atom. The zero-order valence-corrected chi connectivity index (χ0v) is 12.6. The predicted octanol–water partition coefficient (Wildman–Crippen LogP) is 1.90. The smallest absolute Gasteiger partial charge is 0.302 e. The van der Waals surface area contributed by atoms with Gasteiger partial charge in [-0.25, -0.2) is 0 Å². The normalized spacial score (nSPS) is 6.65. The van der Waals surface area contributed by atoms with Crippen LogP contribution in [0.15, 0.2) is 0 Å². The van der Waals surface area contributed by atoms with Gasteiger partial charge in [-0.05, 0) is 13.8 Å². The third kappa shape index (κ3) is 109. The highest BCUT2D eigenvalue weighted by Gasteiger charge is 1.87. The third-order valence-electron chi connectivity index (χ3n) is 0.917. The van der Waals surface area contributed by atoms with Crippen molar-refractivity contribution in [3.05, 3.63) is 0 Å². The molecule has 0 aliphatic heterocycles. The SMILES string of the molecule is CC.CC(=O)N(C)C.CC(C)=O.COC(C)=O. The summed E-state index contributed by atoms with van der Waals surface area (Å²) >= 11 is 0. The summed E-state index contributed by atoms with van der Waals surface area (Å²) < 4.78 is 4.11. The first-order valence-electron chi connectivity index (χ1n) is 5.34. The largest absolute Gasteiger partial charge is 0.469 e. The molecule has 0 spiro atoms. The molecule has 0 N–H and O–H groups in total. The molecule has 0 aliphatic carbocycles. The molecule has 1 amide bonds. The van der Waals surface area contributed by atoms with Crippen LogP contribution in [0.3, 0.4) is 0 Å². The van der Waals surface area contributed by atoms with E-state index in [0.29, 0.717) is 0 Å². The van der Waals surface area contributed by atoms with Gasteiger partial charge in [-0.2, -0.15) is 0 Å². The number of rotatable bonds is 0. The van der Waals surface area contributed by atoms with Gasteiger partial charge in [-0.15, -0.1) is 0 Å². The van der Waals surface area contributed by atoms with E-state index in [1.54, 1.807) is 14.1 Å². The van der Waals surface area contributed by atoms with Crippen LogP contribution in [-0.4, -0.2) is 43.8 Å². The van der Waals surface area contributed by atoms with Crippen LogP contribution in [0.4, 0.5) is 0 Å². The fraction of sp³-hybridized carbons (Fsp3) is 0.750. The van der Waals surface area contributed by atoms with Gasteiger partial charge in [0.1, 0.15) is 5.78 Å². The molecule has 0 aromatic heterocycles. The summed E-state index contributed by atoms with van der Waals surface area (Å²) in [6, 6.07) is 0. The van der Waals surface area contributed by atoms with Gasteiger partial charge in [0.25, 0.3) is 0 Å². The molecule has 5 heteroatoms. The average Bonchev–Trinajstić information content (AvgIpc) is 2.20. The molecule has 0 bridgehead atoms. The van der Waals surface area contributed by atoms with Crippen LogP contribution in [0.25, 0.3) is 0 Å². The van der Waals surface area contributed by atoms with Crippen molar-refractivity contribution in [2.24, 2.45) is 0 Å². The molecule has 0 atom stereocenters. The quantitative estimate of drug-likeness (QED) is 0.615. The number of nitrogens with zero attached hydrogens (tertiary/aromatic N) is 1. The van der Waals surface area contributed by atoms with E-state index in [4.69, 9.17) is 0 Å². The Morgan fingerprint density at radius 1 is 0.882 bits per heavy atom. The first-order chi connectivity index (χ1) is 7.64. The van der Waals surface area contributed by atoms with Gasteiger partial charge in [-0.1, -0.05) is 13.8 Å². The number of amides is 1. The summed E-state index contributed by atoms with van der Waals surface area (Å²) in [7, 11) is 4.80. The number of Topliss-reactive ketones (excluding diaryl/α,β-unsaturated/α-hetero) is 1. The van der Waals surface area contributed by atoms with Crippen LogP contribution >= 0.6 is 0 Å². The predicted molar refractivity (Wildman–Crippen MR) is 69.8 cm³/mol. The monoisotopic (exact) mass is 249 g/mol. The van der Waals surface area contributed by atoms with Crippen molar-refractivity contribution < 1.29 is 19.1 Å². The van der Waals surface area contributed by atoms with Crippen molar-refractivity contribution in [2.45, 2.75) is 41.5 Å². The van der Waals surface area contributed by atoms with Crippen LogP contribution in [0.2, 0.25) is 0 Å². The molecule has 0 aromatic carbocycles. The molecule has 0 rings (SSSR count). The molecule has 5 nitrogen and oxygen atoms in total. The molecular formula is C12H27NO4. The molecule has 0 saturated heterocycles. The fourth-order valence-electron chi connectivity index (χ4n) is 0. The molecule has 0 fully saturated rings. The molecule has 0 heterocycles. The zero-order chi connectivity index (χ0) is 15.0. The van der Waals surface area contributed by atoms with Crippen LogP contribution in [0, 0.1) is 0 Å². The topological polar surface area (TPSA) is 63.7 Å². The highest BCUT2D eigenvalue weighted by atomic mass is 16.5. The second kappa shape index (κ2) is 20.1. The number of ether oxygens (including phenoxy) is 1. The van der Waals surface area contributed by atoms with Crippen LogP contribution < -0.4 is 0 Å². The summed E-state index contributed by atoms with van der Waals surface area (Å²) in [4.78, 5) is 30.6. The van der Waals surface area contributed by atoms with Gasteiger partial charge in [0.15, 0.2) is 0 Å². The minimum absolute atomic E-state index is 0.0926. The fourth-order valence-corrected chi connectivity index (χ4v) is 0. The standard InChI is InChI=1S/C4H9NO.C3H6O2.C3H6O.C2H6/c1-4(6)5(2)3;1-3(4)5-2;1-3(2)4;1-2/h1-3H3;1-2H3;1-2H3;1-2H3. The number of esters is 1. The van der Waals surface area contributed by atoms with E-state index < -0.39 is 0 Å². The number of carbonyl (C=O) groups is 3. The lowest BCUT2D eigenvalue weighted by molar-refractivity contribution is -0.138. The third-order valence-corrected chi connectivity index (χ3v) is 0.917. The summed E-state index contributed by atoms with van der Waals surface area (Å²) in [5.74, 6) is 0.0139. The molecule has 17 heavy (non-hydrogen) atoms. The Bertz CT molecular complexity index is 197. The summed E-state index contributed by atoms with van der Waals surface area (Å²) in [5, 5.41) is 0. The number of hydrogen-bond acceptors (Lipinski definition) is 4. The lowest BCUT2D eigenvalue weighted by Gasteiger charge is -2.02. The Kier molecular flexibility index (Phi) is 29.2. The Morgan fingerprint density at radius 3 is 1.00 bits per heavy atom. The van der Waals surface area contributed by atoms with Gasteiger partial charge in [0.05, 0.1) is 7.11 Å². The van der Waals surface area contributed by atoms with E-state index in [-0.39, 0.29) is 17.7 Å². The Labute approximate surface area is 105 Å². The van der Waals surface area contributed by atoms with Crippen molar-refractivity contribution in [1.29, 1.82) is 0 Å². The van der Waals surface area contributed by atoms with Gasteiger partial charge >= 0.3 is 5.97 Å². The zero-order valence-electron chi connectivity index (χ0n) is 12.6. The van der Waals surface area contributed by atoms with E-state index in [0.717, 1.165) is 0 Å². The first kappa shape index (κ1) is 24.7. The van der Waals surface area contributed by atoms with Gasteiger partial charge < -0.3 is 14.4 Å². The van der Waals surface area contributed by atoms with Crippen LogP contribution in [0.1, 0.15) is 41.5 Å². The Hall–Kier alpha value is -1.39. The van der Waals surface area contributed by atoms with Crippen molar-refractivity contribution >= 4 is 17.7 Å². The maximum Gasteiger partial charge on any atom is 0.302 e. The molecule has 0 aromatic rings. The molecule has 0 radical (unpaired) electrons. The molecule has 0 saturated carbocycles. The van der Waals surface area contributed by atoms with Gasteiger partial charge in [0.2, 0.25) is 5.91 Å². The van der Waals surface area contributed by atoms with Crippen molar-refractivity contribution in [3.8, 4) is 0 Å². The van der Waals surface area contributed by atoms with Crippen molar-refractivity contribution in [1.82, 2.24) is 4.90 Å². The highest BCUT2D eigenvalue weighted by Crippen LogP contribution is 1.69. The second-order valence-corrected chi connectivity index (χ2v) is 3.02. The summed E-state index contributed by atoms with van der Waals surface area (Å²) in [6.07, 6.45) is 0. The van der Waals surface area contributed by atoms with Crippen molar-refractivity contribution in [2.75, 3.05) is 21.2 Å². The maximum atomic E-state index is 10.1. The van der Waals surface area contributed by atoms with E-state index in [1.807, 2.05) is 13.8 Å². The van der Waals surface area contributed by atoms with E-state index >= 15 is 0 Å². The number of methoxy groups -OCH3 is 1.